The van der Waals surface area contributed by atoms with Gasteiger partial charge < -0.3 is 0 Å². The van der Waals surface area contributed by atoms with Gasteiger partial charge in [0.2, 0.25) is 0 Å². The van der Waals surface area contributed by atoms with Crippen LogP contribution in [0.1, 0.15) is 26.3 Å². The highest BCUT2D eigenvalue weighted by Gasteiger charge is 2.21. The first-order valence-corrected chi connectivity index (χ1v) is 18.3. The molecule has 0 nitrogen and oxygen atoms in total. The van der Waals surface area contributed by atoms with Gasteiger partial charge >= 0.3 is 0 Å². The van der Waals surface area contributed by atoms with E-state index in [1.165, 1.54) is 93.5 Å². The first-order valence-electron chi connectivity index (χ1n) is 18.3. The minimum Gasteiger partial charge on any atom is -0.0622 e. The number of benzene rings is 9. The van der Waals surface area contributed by atoms with Crippen LogP contribution in [0.4, 0.5) is 0 Å². The maximum atomic E-state index is 2.45. The third kappa shape index (κ3) is 5.67. The van der Waals surface area contributed by atoms with E-state index in [1.54, 1.807) is 0 Å². The minimum absolute atomic E-state index is 0.0254. The van der Waals surface area contributed by atoms with E-state index in [-0.39, 0.29) is 5.41 Å². The van der Waals surface area contributed by atoms with Gasteiger partial charge in [0.05, 0.1) is 0 Å². The Labute approximate surface area is 306 Å². The Hall–Kier alpha value is -6.24. The summed E-state index contributed by atoms with van der Waals surface area (Å²) in [6, 6.07) is 69.2. The van der Waals surface area contributed by atoms with E-state index in [9.17, 15) is 0 Å². The van der Waals surface area contributed by atoms with Crippen LogP contribution in [0.5, 0.6) is 0 Å². The van der Waals surface area contributed by atoms with Crippen molar-refractivity contribution in [1.82, 2.24) is 0 Å². The van der Waals surface area contributed by atoms with Gasteiger partial charge in [-0.25, -0.2) is 0 Å². The monoisotopic (exact) mass is 664 g/mol. The lowest BCUT2D eigenvalue weighted by molar-refractivity contribution is 0.591. The normalized spacial score (nSPS) is 11.8. The first kappa shape index (κ1) is 31.7. The van der Waals surface area contributed by atoms with E-state index in [1.807, 2.05) is 0 Å². The van der Waals surface area contributed by atoms with Gasteiger partial charge in [0, 0.05) is 0 Å². The summed E-state index contributed by atoms with van der Waals surface area (Å²) in [7, 11) is 0. The average molecular weight is 665 g/mol. The van der Waals surface area contributed by atoms with Crippen molar-refractivity contribution in [1.29, 1.82) is 0 Å². The summed E-state index contributed by atoms with van der Waals surface area (Å²) in [5, 5.41) is 7.65. The Morgan fingerprint density at radius 1 is 0.288 bits per heavy atom. The van der Waals surface area contributed by atoms with Gasteiger partial charge in [-0.15, -0.1) is 0 Å². The fourth-order valence-corrected chi connectivity index (χ4v) is 7.89. The predicted molar refractivity (Wildman–Crippen MR) is 225 cm³/mol. The lowest BCUT2D eigenvalue weighted by atomic mass is 9.81. The molecule has 248 valence electrons. The molecule has 0 aliphatic carbocycles. The van der Waals surface area contributed by atoms with Crippen molar-refractivity contribution < 1.29 is 0 Å². The van der Waals surface area contributed by atoms with Crippen molar-refractivity contribution in [3.8, 4) is 55.6 Å². The van der Waals surface area contributed by atoms with Crippen LogP contribution in [-0.4, -0.2) is 0 Å². The van der Waals surface area contributed by atoms with Crippen LogP contribution in [0.15, 0.2) is 188 Å². The molecule has 0 atom stereocenters. The van der Waals surface area contributed by atoms with Crippen molar-refractivity contribution in [3.05, 3.63) is 194 Å². The minimum atomic E-state index is 0.0254. The van der Waals surface area contributed by atoms with Crippen molar-refractivity contribution in [2.24, 2.45) is 0 Å². The third-order valence-corrected chi connectivity index (χ3v) is 10.6. The van der Waals surface area contributed by atoms with Crippen LogP contribution in [0.2, 0.25) is 0 Å². The summed E-state index contributed by atoms with van der Waals surface area (Å²) in [5.74, 6) is 0. The fourth-order valence-electron chi connectivity index (χ4n) is 7.89. The Balaban J connectivity index is 1.19. The summed E-state index contributed by atoms with van der Waals surface area (Å²) in [6.45, 7) is 6.92. The quantitative estimate of drug-likeness (QED) is 0.161. The number of hydrogen-bond donors (Lipinski definition) is 0. The average Bonchev–Trinajstić information content (AvgIpc) is 3.19. The van der Waals surface area contributed by atoms with Gasteiger partial charge in [-0.05, 0) is 111 Å². The maximum absolute atomic E-state index is 2.45. The van der Waals surface area contributed by atoms with E-state index >= 15 is 0 Å². The molecule has 0 radical (unpaired) electrons. The molecule has 0 heteroatoms. The zero-order valence-corrected chi connectivity index (χ0v) is 29.9. The highest BCUT2D eigenvalue weighted by molar-refractivity contribution is 6.22. The van der Waals surface area contributed by atoms with Gasteiger partial charge in [-0.3, -0.25) is 0 Å². The van der Waals surface area contributed by atoms with Gasteiger partial charge in [-0.2, -0.15) is 0 Å². The van der Waals surface area contributed by atoms with Crippen molar-refractivity contribution in [2.75, 3.05) is 0 Å². The highest BCUT2D eigenvalue weighted by Crippen LogP contribution is 2.46. The molecular formula is C52H40. The van der Waals surface area contributed by atoms with E-state index in [0.717, 1.165) is 0 Å². The van der Waals surface area contributed by atoms with Crippen molar-refractivity contribution >= 4 is 32.3 Å². The van der Waals surface area contributed by atoms with Crippen LogP contribution in [0.3, 0.4) is 0 Å². The lowest BCUT2D eigenvalue weighted by Gasteiger charge is -2.23. The van der Waals surface area contributed by atoms with Crippen molar-refractivity contribution in [2.45, 2.75) is 26.2 Å². The van der Waals surface area contributed by atoms with Crippen LogP contribution in [-0.2, 0) is 5.41 Å². The van der Waals surface area contributed by atoms with Crippen molar-refractivity contribution in [3.63, 3.8) is 0 Å². The molecule has 52 heavy (non-hydrogen) atoms. The maximum Gasteiger partial charge on any atom is -0.00260 e. The second kappa shape index (κ2) is 12.8. The van der Waals surface area contributed by atoms with Gasteiger partial charge in [0.1, 0.15) is 0 Å². The molecule has 0 fully saturated rings. The summed E-state index contributed by atoms with van der Waals surface area (Å²) in [6.07, 6.45) is 0. The molecule has 0 saturated carbocycles. The summed E-state index contributed by atoms with van der Waals surface area (Å²) >= 11 is 0. The third-order valence-electron chi connectivity index (χ3n) is 10.6. The molecular weight excluding hydrogens is 625 g/mol. The zero-order valence-electron chi connectivity index (χ0n) is 29.9. The SMILES string of the molecule is CC(C)(C)c1ccc2c(-c3ccc(-c4ccccc4-c4ccc(-c5ccccc5)cc4)cc3)c3ccccc3c(-c3ccc4ccccc4c3)c2c1. The predicted octanol–water partition coefficient (Wildman–Crippen LogP) is 14.8. The van der Waals surface area contributed by atoms with E-state index < -0.39 is 0 Å². The first-order chi connectivity index (χ1) is 25.4. The number of hydrogen-bond acceptors (Lipinski definition) is 0. The Morgan fingerprint density at radius 2 is 0.750 bits per heavy atom. The molecule has 0 aliphatic rings. The Kier molecular flexibility index (Phi) is 7.82. The summed E-state index contributed by atoms with van der Waals surface area (Å²) < 4.78 is 0. The van der Waals surface area contributed by atoms with E-state index in [0.29, 0.717) is 0 Å². The molecule has 0 heterocycles. The number of rotatable bonds is 5. The van der Waals surface area contributed by atoms with Crippen LogP contribution in [0.25, 0.3) is 88.0 Å². The highest BCUT2D eigenvalue weighted by atomic mass is 14.2. The molecule has 9 aromatic carbocycles. The molecule has 0 aromatic heterocycles. The number of fused-ring (bicyclic) bond motifs is 3. The Morgan fingerprint density at radius 3 is 1.38 bits per heavy atom. The molecule has 0 N–H and O–H groups in total. The largest absolute Gasteiger partial charge is 0.0622 e. The summed E-state index contributed by atoms with van der Waals surface area (Å²) in [4.78, 5) is 0. The smallest absolute Gasteiger partial charge is 0.00260 e. The molecule has 9 aromatic rings. The molecule has 0 saturated heterocycles. The van der Waals surface area contributed by atoms with E-state index in [2.05, 4.69) is 209 Å². The van der Waals surface area contributed by atoms with Crippen LogP contribution >= 0.6 is 0 Å². The summed E-state index contributed by atoms with van der Waals surface area (Å²) in [5.41, 5.74) is 13.8. The molecule has 0 bridgehead atoms. The second-order valence-corrected chi connectivity index (χ2v) is 14.9. The topological polar surface area (TPSA) is 0 Å². The molecule has 0 unspecified atom stereocenters. The molecule has 0 aliphatic heterocycles. The van der Waals surface area contributed by atoms with Gasteiger partial charge in [0.15, 0.2) is 0 Å². The lowest BCUT2D eigenvalue weighted by Crippen LogP contribution is -2.10. The van der Waals surface area contributed by atoms with Crippen LogP contribution < -0.4 is 0 Å². The fraction of sp³-hybridized carbons (Fsp3) is 0.0769. The van der Waals surface area contributed by atoms with Crippen LogP contribution in [0, 0.1) is 0 Å². The molecule has 0 spiro atoms. The second-order valence-electron chi connectivity index (χ2n) is 14.9. The van der Waals surface area contributed by atoms with Gasteiger partial charge in [0.25, 0.3) is 0 Å². The van der Waals surface area contributed by atoms with E-state index in [4.69, 9.17) is 0 Å². The Bertz CT molecular complexity index is 2720. The molecule has 9 rings (SSSR count). The van der Waals surface area contributed by atoms with Gasteiger partial charge in [-0.1, -0.05) is 197 Å². The zero-order chi connectivity index (χ0) is 35.2. The standard InChI is InChI=1S/C52H40/c1-52(2,3)43-31-32-48-49(34-43)51(42-30-23-36-15-7-8-16-41(36)33-42)47-20-12-11-19-46(47)50(48)40-28-26-39(27-29-40)45-18-10-9-17-44(45)38-24-21-37(22-25-38)35-13-5-4-6-14-35/h4-34H,1-3H3. The molecule has 0 amide bonds.